The van der Waals surface area contributed by atoms with Gasteiger partial charge >= 0.3 is 0 Å². The topological polar surface area (TPSA) is 21.3 Å². The van der Waals surface area contributed by atoms with Crippen LogP contribution in [0.4, 0.5) is 4.39 Å². The van der Waals surface area contributed by atoms with E-state index in [1.165, 1.54) is 6.42 Å². The molecule has 0 unspecified atom stereocenters. The van der Waals surface area contributed by atoms with Crippen molar-refractivity contribution in [3.63, 3.8) is 0 Å². The molecule has 0 amide bonds. The van der Waals surface area contributed by atoms with Crippen LogP contribution in [0.2, 0.25) is 0 Å². The number of ether oxygens (including phenoxy) is 1. The molecule has 2 rings (SSSR count). The molecule has 0 radical (unpaired) electrons. The first-order valence-corrected chi connectivity index (χ1v) is 6.76. The van der Waals surface area contributed by atoms with E-state index in [2.05, 4.69) is 5.32 Å². The van der Waals surface area contributed by atoms with Gasteiger partial charge in [0.15, 0.2) is 0 Å². The van der Waals surface area contributed by atoms with Crippen molar-refractivity contribution >= 4 is 0 Å². The normalized spacial score (nSPS) is 26.8. The summed E-state index contributed by atoms with van der Waals surface area (Å²) >= 11 is 0. The third-order valence-corrected chi connectivity index (χ3v) is 3.97. The first kappa shape index (κ1) is 12.3. The molecule has 0 aromatic heterocycles. The van der Waals surface area contributed by atoms with Crippen LogP contribution in [0.3, 0.4) is 0 Å². The summed E-state index contributed by atoms with van der Waals surface area (Å²) in [4.78, 5) is 0. The summed E-state index contributed by atoms with van der Waals surface area (Å²) in [7, 11) is 0. The lowest BCUT2D eigenvalue weighted by atomic mass is 9.86. The number of hydrogen-bond acceptors (Lipinski definition) is 2. The molecule has 0 spiro atoms. The molecular weight excluding hydrogens is 205 g/mol. The predicted octanol–water partition coefficient (Wildman–Crippen LogP) is 2.68. The molecule has 0 bridgehead atoms. The van der Waals surface area contributed by atoms with E-state index in [1.54, 1.807) is 0 Å². The van der Waals surface area contributed by atoms with E-state index in [0.29, 0.717) is 12.5 Å². The van der Waals surface area contributed by atoms with Crippen LogP contribution in [0.5, 0.6) is 0 Å². The van der Waals surface area contributed by atoms with Gasteiger partial charge in [0.25, 0.3) is 0 Å². The van der Waals surface area contributed by atoms with Crippen LogP contribution >= 0.6 is 0 Å². The first-order chi connectivity index (χ1) is 7.79. The summed E-state index contributed by atoms with van der Waals surface area (Å²) in [6.45, 7) is 3.29. The largest absolute Gasteiger partial charge is 0.381 e. The van der Waals surface area contributed by atoms with Crippen molar-refractivity contribution in [1.29, 1.82) is 0 Å². The molecule has 94 valence electrons. The van der Waals surface area contributed by atoms with E-state index < -0.39 is 5.67 Å². The number of rotatable bonds is 4. The van der Waals surface area contributed by atoms with Gasteiger partial charge in [0, 0.05) is 19.8 Å². The summed E-state index contributed by atoms with van der Waals surface area (Å²) in [5, 5.41) is 3.33. The van der Waals surface area contributed by atoms with Gasteiger partial charge in [-0.2, -0.15) is 0 Å². The molecule has 16 heavy (non-hydrogen) atoms. The Balaban J connectivity index is 1.62. The van der Waals surface area contributed by atoms with Gasteiger partial charge < -0.3 is 10.1 Å². The van der Waals surface area contributed by atoms with E-state index in [1.807, 2.05) is 0 Å². The monoisotopic (exact) mass is 229 g/mol. The van der Waals surface area contributed by atoms with Gasteiger partial charge in [0.1, 0.15) is 5.67 Å². The second kappa shape index (κ2) is 5.97. The van der Waals surface area contributed by atoms with E-state index >= 15 is 0 Å². The Kier molecular flexibility index (Phi) is 4.59. The predicted molar refractivity (Wildman–Crippen MR) is 63.3 cm³/mol. The average molecular weight is 229 g/mol. The highest BCUT2D eigenvalue weighted by molar-refractivity contribution is 4.85. The second-order valence-corrected chi connectivity index (χ2v) is 5.40. The fourth-order valence-electron chi connectivity index (χ4n) is 2.81. The van der Waals surface area contributed by atoms with Crippen LogP contribution in [0, 0.1) is 5.92 Å². The van der Waals surface area contributed by atoms with Crippen molar-refractivity contribution in [2.45, 2.75) is 50.6 Å². The number of halogens is 1. The Bertz CT molecular complexity index is 198. The Morgan fingerprint density at radius 2 is 1.81 bits per heavy atom. The first-order valence-electron chi connectivity index (χ1n) is 6.76. The van der Waals surface area contributed by atoms with Crippen molar-refractivity contribution in [2.24, 2.45) is 5.92 Å². The summed E-state index contributed by atoms with van der Waals surface area (Å²) in [5.74, 6) is 0.695. The molecule has 1 saturated heterocycles. The van der Waals surface area contributed by atoms with Gasteiger partial charge in [-0.15, -0.1) is 0 Å². The van der Waals surface area contributed by atoms with Crippen LogP contribution in [0.15, 0.2) is 0 Å². The van der Waals surface area contributed by atoms with Gasteiger partial charge in [-0.1, -0.05) is 19.3 Å². The van der Waals surface area contributed by atoms with Crippen LogP contribution in [-0.2, 0) is 4.74 Å². The van der Waals surface area contributed by atoms with Crippen molar-refractivity contribution in [3.05, 3.63) is 0 Å². The van der Waals surface area contributed by atoms with Gasteiger partial charge in [0.05, 0.1) is 0 Å². The number of nitrogens with one attached hydrogen (secondary N) is 1. The molecular formula is C13H24FNO. The Labute approximate surface area is 97.9 Å². The van der Waals surface area contributed by atoms with Gasteiger partial charge in [0.2, 0.25) is 0 Å². The lowest BCUT2D eigenvalue weighted by Gasteiger charge is -2.31. The standard InChI is InChI=1S/C13H24FNO/c14-13(6-2-1-3-7-13)11-15-10-12-4-8-16-9-5-12/h12,15H,1-11H2. The van der Waals surface area contributed by atoms with Gasteiger partial charge in [-0.3, -0.25) is 0 Å². The molecule has 2 aliphatic rings. The minimum atomic E-state index is -0.913. The summed E-state index contributed by atoms with van der Waals surface area (Å²) < 4.78 is 19.6. The molecule has 1 aliphatic heterocycles. The second-order valence-electron chi connectivity index (χ2n) is 5.40. The maximum atomic E-state index is 14.2. The maximum Gasteiger partial charge on any atom is 0.123 e. The maximum absolute atomic E-state index is 14.2. The summed E-state index contributed by atoms with van der Waals surface area (Å²) in [6, 6.07) is 0. The highest BCUT2D eigenvalue weighted by atomic mass is 19.1. The molecule has 1 saturated carbocycles. The minimum absolute atomic E-state index is 0.560. The fourth-order valence-corrected chi connectivity index (χ4v) is 2.81. The SMILES string of the molecule is FC1(CNCC2CCOCC2)CCCCC1. The zero-order chi connectivity index (χ0) is 11.3. The number of hydrogen-bond donors (Lipinski definition) is 1. The molecule has 1 heterocycles. The molecule has 0 aromatic rings. The Morgan fingerprint density at radius 1 is 1.12 bits per heavy atom. The third kappa shape index (κ3) is 3.70. The highest BCUT2D eigenvalue weighted by Crippen LogP contribution is 2.31. The van der Waals surface area contributed by atoms with Crippen LogP contribution in [0.1, 0.15) is 44.9 Å². The lowest BCUT2D eigenvalue weighted by molar-refractivity contribution is 0.0616. The zero-order valence-electron chi connectivity index (χ0n) is 10.1. The molecule has 2 nitrogen and oxygen atoms in total. The van der Waals surface area contributed by atoms with Crippen molar-refractivity contribution in [1.82, 2.24) is 5.32 Å². The average Bonchev–Trinajstić information content (AvgIpc) is 2.31. The van der Waals surface area contributed by atoms with E-state index in [-0.39, 0.29) is 0 Å². The highest BCUT2D eigenvalue weighted by Gasteiger charge is 2.31. The van der Waals surface area contributed by atoms with Crippen molar-refractivity contribution in [2.75, 3.05) is 26.3 Å². The van der Waals surface area contributed by atoms with Crippen LogP contribution in [-0.4, -0.2) is 32.0 Å². The lowest BCUT2D eigenvalue weighted by Crippen LogP contribution is -2.40. The van der Waals surface area contributed by atoms with Crippen molar-refractivity contribution in [3.8, 4) is 0 Å². The van der Waals surface area contributed by atoms with E-state index in [0.717, 1.165) is 58.3 Å². The molecule has 3 heteroatoms. The minimum Gasteiger partial charge on any atom is -0.381 e. The fraction of sp³-hybridized carbons (Fsp3) is 1.00. The Hall–Kier alpha value is -0.150. The Morgan fingerprint density at radius 3 is 2.50 bits per heavy atom. The van der Waals surface area contributed by atoms with Gasteiger partial charge in [-0.05, 0) is 38.1 Å². The van der Waals surface area contributed by atoms with Gasteiger partial charge in [-0.25, -0.2) is 4.39 Å². The van der Waals surface area contributed by atoms with E-state index in [9.17, 15) is 4.39 Å². The van der Waals surface area contributed by atoms with Crippen LogP contribution < -0.4 is 5.32 Å². The summed E-state index contributed by atoms with van der Waals surface area (Å²) in [5.41, 5.74) is -0.913. The smallest absolute Gasteiger partial charge is 0.123 e. The van der Waals surface area contributed by atoms with E-state index in [4.69, 9.17) is 4.74 Å². The molecule has 0 atom stereocenters. The zero-order valence-corrected chi connectivity index (χ0v) is 10.1. The summed E-state index contributed by atoms with van der Waals surface area (Å²) in [6.07, 6.45) is 7.12. The quantitative estimate of drug-likeness (QED) is 0.800. The molecule has 1 aliphatic carbocycles. The molecule has 1 N–H and O–H groups in total. The van der Waals surface area contributed by atoms with Crippen LogP contribution in [0.25, 0.3) is 0 Å². The molecule has 2 fully saturated rings. The van der Waals surface area contributed by atoms with Crippen molar-refractivity contribution < 1.29 is 9.13 Å². The third-order valence-electron chi connectivity index (χ3n) is 3.97. The molecule has 0 aromatic carbocycles. The number of alkyl halides is 1.